The molecule has 0 amide bonds. The van der Waals surface area contributed by atoms with Crippen molar-refractivity contribution in [3.63, 3.8) is 0 Å². The van der Waals surface area contributed by atoms with E-state index in [0.717, 1.165) is 43.4 Å². The van der Waals surface area contributed by atoms with Crippen LogP contribution in [-0.4, -0.2) is 76.0 Å². The number of para-hydroxylation sites is 2. The Morgan fingerprint density at radius 2 is 1.68 bits per heavy atom. The first-order valence-corrected chi connectivity index (χ1v) is 11.3. The first kappa shape index (κ1) is 25.2. The van der Waals surface area contributed by atoms with E-state index < -0.39 is 10.0 Å². The molecule has 3 rings (SSSR count). The first-order valence-electron chi connectivity index (χ1n) is 9.83. The van der Waals surface area contributed by atoms with Crippen LogP contribution in [0.15, 0.2) is 58.4 Å². The minimum atomic E-state index is -3.42. The fraction of sp³-hybridized carbons (Fsp3) is 0.381. The Labute approximate surface area is 201 Å². The van der Waals surface area contributed by atoms with Gasteiger partial charge in [0.2, 0.25) is 10.0 Å². The van der Waals surface area contributed by atoms with Crippen LogP contribution >= 0.6 is 24.0 Å². The van der Waals surface area contributed by atoms with Crippen LogP contribution in [0, 0.1) is 0 Å². The van der Waals surface area contributed by atoms with Gasteiger partial charge in [0.15, 0.2) is 5.96 Å². The van der Waals surface area contributed by atoms with Gasteiger partial charge >= 0.3 is 0 Å². The van der Waals surface area contributed by atoms with Crippen LogP contribution in [0.3, 0.4) is 0 Å². The molecular formula is C21H30IN5O3S. The molecule has 2 aromatic rings. The number of phenolic OH excluding ortho intramolecular Hbond substituents is 1. The monoisotopic (exact) mass is 559 g/mol. The van der Waals surface area contributed by atoms with Crippen molar-refractivity contribution in [2.24, 2.45) is 4.99 Å². The van der Waals surface area contributed by atoms with Crippen LogP contribution in [0.25, 0.3) is 0 Å². The maximum absolute atomic E-state index is 12.2. The summed E-state index contributed by atoms with van der Waals surface area (Å²) >= 11 is 0. The van der Waals surface area contributed by atoms with Gasteiger partial charge in [-0.05, 0) is 29.8 Å². The summed E-state index contributed by atoms with van der Waals surface area (Å²) in [7, 11) is 1.38. The molecule has 1 aliphatic heterocycles. The number of sulfonamides is 1. The summed E-state index contributed by atoms with van der Waals surface area (Å²) in [5.74, 6) is 1.10. The van der Waals surface area contributed by atoms with E-state index in [2.05, 4.69) is 20.1 Å². The van der Waals surface area contributed by atoms with E-state index in [1.54, 1.807) is 25.2 Å². The maximum Gasteiger partial charge on any atom is 0.242 e. The van der Waals surface area contributed by atoms with Crippen molar-refractivity contribution in [1.29, 1.82) is 0 Å². The number of halogens is 1. The fourth-order valence-electron chi connectivity index (χ4n) is 3.39. The highest BCUT2D eigenvalue weighted by molar-refractivity contribution is 14.0. The topological polar surface area (TPSA) is 88.5 Å². The SMILES string of the molecule is CN=C(NCc1ccc(S(=O)(=O)N(C)C)cc1)N1CCN(c2ccccc2O)CC1.I. The van der Waals surface area contributed by atoms with Crippen LogP contribution in [0.1, 0.15) is 5.56 Å². The van der Waals surface area contributed by atoms with Gasteiger partial charge in [0.25, 0.3) is 0 Å². The van der Waals surface area contributed by atoms with Crippen LogP contribution in [0.5, 0.6) is 5.75 Å². The van der Waals surface area contributed by atoms with Crippen molar-refractivity contribution in [3.8, 4) is 5.75 Å². The maximum atomic E-state index is 12.2. The lowest BCUT2D eigenvalue weighted by atomic mass is 10.2. The van der Waals surface area contributed by atoms with Crippen molar-refractivity contribution in [2.45, 2.75) is 11.4 Å². The highest BCUT2D eigenvalue weighted by Gasteiger charge is 2.21. The number of aliphatic imine (C=N–C) groups is 1. The van der Waals surface area contributed by atoms with E-state index in [9.17, 15) is 13.5 Å². The Morgan fingerprint density at radius 3 is 2.23 bits per heavy atom. The lowest BCUT2D eigenvalue weighted by Gasteiger charge is -2.37. The van der Waals surface area contributed by atoms with Crippen LogP contribution in [0.4, 0.5) is 5.69 Å². The number of piperazine rings is 1. The zero-order valence-electron chi connectivity index (χ0n) is 18.0. The zero-order chi connectivity index (χ0) is 21.7. The molecule has 1 heterocycles. The highest BCUT2D eigenvalue weighted by atomic mass is 127. The summed E-state index contributed by atoms with van der Waals surface area (Å²) in [6.07, 6.45) is 0. The first-order chi connectivity index (χ1) is 14.3. The number of phenols is 1. The Morgan fingerprint density at radius 1 is 1.06 bits per heavy atom. The van der Waals surface area contributed by atoms with Crippen LogP contribution in [-0.2, 0) is 16.6 Å². The van der Waals surface area contributed by atoms with Crippen molar-refractivity contribution in [1.82, 2.24) is 14.5 Å². The molecule has 0 atom stereocenters. The molecule has 170 valence electrons. The summed E-state index contributed by atoms with van der Waals surface area (Å²) in [5.41, 5.74) is 1.83. The quantitative estimate of drug-likeness (QED) is 0.332. The molecule has 0 saturated carbocycles. The summed E-state index contributed by atoms with van der Waals surface area (Å²) in [6, 6.07) is 14.3. The molecule has 0 radical (unpaired) electrons. The van der Waals surface area contributed by atoms with Gasteiger partial charge in [0.05, 0.1) is 10.6 Å². The predicted molar refractivity (Wildman–Crippen MR) is 135 cm³/mol. The molecule has 31 heavy (non-hydrogen) atoms. The van der Waals surface area contributed by atoms with E-state index >= 15 is 0 Å². The number of aromatic hydroxyl groups is 1. The van der Waals surface area contributed by atoms with Gasteiger partial charge in [-0.15, -0.1) is 24.0 Å². The standard InChI is InChI=1S/C21H29N5O3S.HI/c1-22-21(23-16-17-8-10-18(11-9-17)30(28,29)24(2)3)26-14-12-25(13-15-26)19-6-4-5-7-20(19)27;/h4-11,27H,12-16H2,1-3H3,(H,22,23);1H. The van der Waals surface area contributed by atoms with E-state index in [4.69, 9.17) is 0 Å². The molecule has 0 spiro atoms. The average molecular weight is 559 g/mol. The van der Waals surface area contributed by atoms with Crippen LogP contribution in [0.2, 0.25) is 0 Å². The van der Waals surface area contributed by atoms with Crippen LogP contribution < -0.4 is 10.2 Å². The molecule has 1 saturated heterocycles. The summed E-state index contributed by atoms with van der Waals surface area (Å²) in [6.45, 7) is 3.70. The van der Waals surface area contributed by atoms with Crippen molar-refractivity contribution in [3.05, 3.63) is 54.1 Å². The largest absolute Gasteiger partial charge is 0.506 e. The molecule has 0 bridgehead atoms. The van der Waals surface area contributed by atoms with Gasteiger partial charge < -0.3 is 20.2 Å². The Bertz CT molecular complexity index is 988. The van der Waals surface area contributed by atoms with Gasteiger partial charge in [-0.2, -0.15) is 0 Å². The molecule has 2 N–H and O–H groups in total. The predicted octanol–water partition coefficient (Wildman–Crippen LogP) is 2.16. The second kappa shape index (κ2) is 11.0. The van der Waals surface area contributed by atoms with E-state index in [1.807, 2.05) is 30.3 Å². The normalized spacial score (nSPS) is 15.0. The smallest absolute Gasteiger partial charge is 0.242 e. The number of hydrogen-bond acceptors (Lipinski definition) is 5. The number of anilines is 1. The number of rotatable bonds is 5. The molecule has 10 heteroatoms. The van der Waals surface area contributed by atoms with Gasteiger partial charge in [-0.3, -0.25) is 4.99 Å². The fourth-order valence-corrected chi connectivity index (χ4v) is 4.30. The Balaban J connectivity index is 0.00000341. The average Bonchev–Trinajstić information content (AvgIpc) is 2.75. The summed E-state index contributed by atoms with van der Waals surface area (Å²) in [4.78, 5) is 9.01. The van der Waals surface area contributed by atoms with Gasteiger partial charge in [0, 0.05) is 53.9 Å². The van der Waals surface area contributed by atoms with E-state index in [1.165, 1.54) is 18.4 Å². The number of guanidine groups is 1. The Hall–Kier alpha value is -2.05. The van der Waals surface area contributed by atoms with Gasteiger partial charge in [-0.25, -0.2) is 12.7 Å². The Kier molecular flexibility index (Phi) is 8.95. The second-order valence-electron chi connectivity index (χ2n) is 7.29. The molecule has 0 unspecified atom stereocenters. The lowest BCUT2D eigenvalue weighted by Crippen LogP contribution is -2.52. The minimum Gasteiger partial charge on any atom is -0.506 e. The van der Waals surface area contributed by atoms with E-state index in [-0.39, 0.29) is 28.9 Å². The number of hydrogen-bond donors (Lipinski definition) is 2. The third-order valence-electron chi connectivity index (χ3n) is 5.17. The molecule has 0 aliphatic carbocycles. The molecule has 1 fully saturated rings. The molecular weight excluding hydrogens is 529 g/mol. The van der Waals surface area contributed by atoms with Crippen molar-refractivity contribution < 1.29 is 13.5 Å². The molecule has 1 aliphatic rings. The highest BCUT2D eigenvalue weighted by Crippen LogP contribution is 2.27. The molecule has 2 aromatic carbocycles. The van der Waals surface area contributed by atoms with Gasteiger partial charge in [0.1, 0.15) is 5.75 Å². The zero-order valence-corrected chi connectivity index (χ0v) is 21.2. The second-order valence-corrected chi connectivity index (χ2v) is 9.45. The third-order valence-corrected chi connectivity index (χ3v) is 7.00. The summed E-state index contributed by atoms with van der Waals surface area (Å²) < 4.78 is 25.6. The number of nitrogens with one attached hydrogen (secondary N) is 1. The van der Waals surface area contributed by atoms with Crippen molar-refractivity contribution >= 4 is 45.6 Å². The molecule has 0 aromatic heterocycles. The number of nitrogens with zero attached hydrogens (tertiary/aromatic N) is 4. The summed E-state index contributed by atoms with van der Waals surface area (Å²) in [5, 5.41) is 13.4. The molecule has 8 nitrogen and oxygen atoms in total. The van der Waals surface area contributed by atoms with Gasteiger partial charge in [-0.1, -0.05) is 24.3 Å². The minimum absolute atomic E-state index is 0. The van der Waals surface area contributed by atoms with E-state index in [0.29, 0.717) is 12.3 Å². The van der Waals surface area contributed by atoms with Crippen molar-refractivity contribution in [2.75, 3.05) is 52.2 Å². The lowest BCUT2D eigenvalue weighted by molar-refractivity contribution is 0.369. The third kappa shape index (κ3) is 6.01. The number of benzene rings is 2.